The maximum absolute atomic E-state index is 12.6. The Hall–Kier alpha value is -1.59. The lowest BCUT2D eigenvalue weighted by atomic mass is 10.0. The molecule has 0 rings (SSSR count). The van der Waals surface area contributed by atoms with Crippen molar-refractivity contribution in [1.82, 2.24) is 0 Å². The number of unbranched alkanes of at least 4 members (excludes halogenated alkanes) is 26. The van der Waals surface area contributed by atoms with E-state index in [1.54, 1.807) is 0 Å². The van der Waals surface area contributed by atoms with E-state index in [-0.39, 0.29) is 31.1 Å². The van der Waals surface area contributed by atoms with E-state index in [2.05, 4.69) is 27.7 Å². The van der Waals surface area contributed by atoms with Gasteiger partial charge in [-0.3, -0.25) is 14.4 Å². The first-order valence-electron chi connectivity index (χ1n) is 21.9. The van der Waals surface area contributed by atoms with Crippen molar-refractivity contribution in [2.75, 3.05) is 13.2 Å². The van der Waals surface area contributed by atoms with Crippen molar-refractivity contribution in [2.24, 2.45) is 5.92 Å². The molecule has 6 heteroatoms. The Balaban J connectivity index is 4.21. The number of rotatable bonds is 39. The number of hydrogen-bond donors (Lipinski definition) is 0. The van der Waals surface area contributed by atoms with Crippen LogP contribution in [0, 0.1) is 5.92 Å². The molecule has 0 bridgehead atoms. The van der Waals surface area contributed by atoms with Gasteiger partial charge in [0, 0.05) is 19.3 Å². The molecular weight excluding hydrogens is 624 g/mol. The van der Waals surface area contributed by atoms with E-state index < -0.39 is 6.10 Å². The van der Waals surface area contributed by atoms with Gasteiger partial charge in [0.05, 0.1) is 0 Å². The van der Waals surface area contributed by atoms with Gasteiger partial charge in [0.1, 0.15) is 13.2 Å². The summed E-state index contributed by atoms with van der Waals surface area (Å²) in [6.45, 7) is 8.94. The molecule has 0 unspecified atom stereocenters. The Morgan fingerprint density at radius 1 is 0.380 bits per heavy atom. The van der Waals surface area contributed by atoms with Crippen molar-refractivity contribution >= 4 is 17.9 Å². The third-order valence-corrected chi connectivity index (χ3v) is 9.79. The first kappa shape index (κ1) is 48.4. The molecule has 1 atom stereocenters. The molecule has 0 saturated carbocycles. The quantitative estimate of drug-likeness (QED) is 0.0359. The minimum atomic E-state index is -0.757. The molecule has 0 saturated heterocycles. The van der Waals surface area contributed by atoms with Crippen LogP contribution in [0.2, 0.25) is 0 Å². The summed E-state index contributed by atoms with van der Waals surface area (Å²) in [4.78, 5) is 37.4. The van der Waals surface area contributed by atoms with E-state index in [9.17, 15) is 14.4 Å². The summed E-state index contributed by atoms with van der Waals surface area (Å²) < 4.78 is 16.6. The second kappa shape index (κ2) is 38.6. The SMILES string of the molecule is CCCCCCCCCCCC(=O)O[C@@H](COC(=O)CCCCCCCCC)COC(=O)CCCCCCCCCCCCCCCC(C)C. The van der Waals surface area contributed by atoms with Gasteiger partial charge in [-0.25, -0.2) is 0 Å². The lowest BCUT2D eigenvalue weighted by Gasteiger charge is -2.18. The number of esters is 3. The standard InChI is InChI=1S/C44H84O6/c1-5-7-9-11-13-19-25-29-33-37-44(47)50-41(38-48-42(45)35-31-27-22-12-10-8-6-2)39-49-43(46)36-32-28-24-21-18-16-14-15-17-20-23-26-30-34-40(3)4/h40-41H,5-39H2,1-4H3/t41-/m0/s1. The van der Waals surface area contributed by atoms with Crippen LogP contribution >= 0.6 is 0 Å². The molecule has 0 aromatic heterocycles. The number of hydrogen-bond acceptors (Lipinski definition) is 6. The number of ether oxygens (including phenoxy) is 3. The van der Waals surface area contributed by atoms with Gasteiger partial charge in [-0.15, -0.1) is 0 Å². The van der Waals surface area contributed by atoms with Gasteiger partial charge in [0.15, 0.2) is 6.10 Å². The first-order chi connectivity index (χ1) is 24.4. The van der Waals surface area contributed by atoms with Crippen molar-refractivity contribution in [2.45, 2.75) is 246 Å². The van der Waals surface area contributed by atoms with E-state index >= 15 is 0 Å². The zero-order valence-corrected chi connectivity index (χ0v) is 33.9. The molecular formula is C44H84O6. The molecule has 6 nitrogen and oxygen atoms in total. The molecule has 0 aromatic rings. The smallest absolute Gasteiger partial charge is 0.306 e. The Morgan fingerprint density at radius 3 is 0.980 bits per heavy atom. The Kier molecular flexibility index (Phi) is 37.4. The van der Waals surface area contributed by atoms with E-state index in [0.717, 1.165) is 63.7 Å². The second-order valence-corrected chi connectivity index (χ2v) is 15.5. The zero-order chi connectivity index (χ0) is 36.8. The fourth-order valence-corrected chi connectivity index (χ4v) is 6.45. The number of carbonyl (C=O) groups is 3. The van der Waals surface area contributed by atoms with Gasteiger partial charge in [0.25, 0.3) is 0 Å². The summed E-state index contributed by atoms with van der Waals surface area (Å²) in [5.74, 6) is -0.0257. The van der Waals surface area contributed by atoms with Crippen LogP contribution in [-0.4, -0.2) is 37.2 Å². The average molecular weight is 709 g/mol. The fourth-order valence-electron chi connectivity index (χ4n) is 6.45. The van der Waals surface area contributed by atoms with Crippen molar-refractivity contribution < 1.29 is 28.6 Å². The predicted molar refractivity (Wildman–Crippen MR) is 210 cm³/mol. The summed E-state index contributed by atoms with van der Waals surface area (Å²) in [5, 5.41) is 0. The van der Waals surface area contributed by atoms with Crippen LogP contribution in [0.25, 0.3) is 0 Å². The number of carbonyl (C=O) groups excluding carboxylic acids is 3. The Bertz CT molecular complexity index is 751. The average Bonchev–Trinajstić information content (AvgIpc) is 3.09. The highest BCUT2D eigenvalue weighted by molar-refractivity contribution is 5.71. The lowest BCUT2D eigenvalue weighted by Crippen LogP contribution is -2.30. The van der Waals surface area contributed by atoms with Crippen LogP contribution in [0.1, 0.15) is 240 Å². The fraction of sp³-hybridized carbons (Fsp3) is 0.932. The summed E-state index contributed by atoms with van der Waals surface area (Å²) in [6, 6.07) is 0. The zero-order valence-electron chi connectivity index (χ0n) is 33.9. The first-order valence-corrected chi connectivity index (χ1v) is 21.9. The topological polar surface area (TPSA) is 78.9 Å². The molecule has 0 aliphatic carbocycles. The normalized spacial score (nSPS) is 11.9. The molecule has 296 valence electrons. The monoisotopic (exact) mass is 709 g/mol. The summed E-state index contributed by atoms with van der Waals surface area (Å²) in [7, 11) is 0. The molecule has 0 aromatic carbocycles. The van der Waals surface area contributed by atoms with Crippen LogP contribution in [0.4, 0.5) is 0 Å². The highest BCUT2D eigenvalue weighted by atomic mass is 16.6. The van der Waals surface area contributed by atoms with Crippen LogP contribution in [0.5, 0.6) is 0 Å². The van der Waals surface area contributed by atoms with Crippen LogP contribution < -0.4 is 0 Å². The van der Waals surface area contributed by atoms with Gasteiger partial charge in [-0.05, 0) is 25.2 Å². The van der Waals surface area contributed by atoms with Gasteiger partial charge < -0.3 is 14.2 Å². The predicted octanol–water partition coefficient (Wildman–Crippen LogP) is 13.6. The summed E-state index contributed by atoms with van der Waals surface area (Å²) in [6.07, 6.45) is 36.7. The molecule has 0 aliphatic rings. The maximum atomic E-state index is 12.6. The highest BCUT2D eigenvalue weighted by Gasteiger charge is 2.19. The molecule has 0 fully saturated rings. The highest BCUT2D eigenvalue weighted by Crippen LogP contribution is 2.16. The molecule has 0 aliphatic heterocycles. The summed E-state index contributed by atoms with van der Waals surface area (Å²) in [5.41, 5.74) is 0. The molecule has 0 spiro atoms. The van der Waals surface area contributed by atoms with E-state index in [0.29, 0.717) is 19.3 Å². The van der Waals surface area contributed by atoms with Crippen molar-refractivity contribution in [3.05, 3.63) is 0 Å². The maximum Gasteiger partial charge on any atom is 0.306 e. The molecule has 0 heterocycles. The van der Waals surface area contributed by atoms with E-state index in [1.807, 2.05) is 0 Å². The third-order valence-electron chi connectivity index (χ3n) is 9.79. The Labute approximate surface area is 310 Å². The van der Waals surface area contributed by atoms with E-state index in [4.69, 9.17) is 14.2 Å². The lowest BCUT2D eigenvalue weighted by molar-refractivity contribution is -0.167. The minimum absolute atomic E-state index is 0.0645. The van der Waals surface area contributed by atoms with Crippen LogP contribution in [-0.2, 0) is 28.6 Å². The van der Waals surface area contributed by atoms with E-state index in [1.165, 1.54) is 135 Å². The van der Waals surface area contributed by atoms with Crippen LogP contribution in [0.3, 0.4) is 0 Å². The largest absolute Gasteiger partial charge is 0.462 e. The third kappa shape index (κ3) is 37.7. The molecule has 50 heavy (non-hydrogen) atoms. The minimum Gasteiger partial charge on any atom is -0.462 e. The molecule has 0 N–H and O–H groups in total. The van der Waals surface area contributed by atoms with Gasteiger partial charge in [-0.1, -0.05) is 201 Å². The van der Waals surface area contributed by atoms with Crippen LogP contribution in [0.15, 0.2) is 0 Å². The van der Waals surface area contributed by atoms with Crippen molar-refractivity contribution in [1.29, 1.82) is 0 Å². The molecule has 0 amide bonds. The van der Waals surface area contributed by atoms with Crippen molar-refractivity contribution in [3.63, 3.8) is 0 Å². The Morgan fingerprint density at radius 2 is 0.660 bits per heavy atom. The van der Waals surface area contributed by atoms with Gasteiger partial charge in [-0.2, -0.15) is 0 Å². The van der Waals surface area contributed by atoms with Crippen molar-refractivity contribution in [3.8, 4) is 0 Å². The molecule has 0 radical (unpaired) electrons. The second-order valence-electron chi connectivity index (χ2n) is 15.5. The summed E-state index contributed by atoms with van der Waals surface area (Å²) >= 11 is 0. The van der Waals surface area contributed by atoms with Gasteiger partial charge in [0.2, 0.25) is 0 Å². The van der Waals surface area contributed by atoms with Gasteiger partial charge >= 0.3 is 17.9 Å².